The molecule has 0 aromatic heterocycles. The topological polar surface area (TPSA) is 0 Å². The van der Waals surface area contributed by atoms with Crippen LogP contribution in [0.4, 0.5) is 0 Å². The quantitative estimate of drug-likeness (QED) is 0.608. The Morgan fingerprint density at radius 1 is 1.50 bits per heavy atom. The van der Waals surface area contributed by atoms with Gasteiger partial charge in [0.2, 0.25) is 0 Å². The normalized spacial score (nSPS) is 16.0. The molecule has 0 aliphatic carbocycles. The van der Waals surface area contributed by atoms with E-state index >= 15 is 0 Å². The zero-order chi connectivity index (χ0) is 6.78. The van der Waals surface area contributed by atoms with Crippen LogP contribution in [0.2, 0.25) is 0 Å². The summed E-state index contributed by atoms with van der Waals surface area (Å²) in [6.07, 6.45) is 2.15. The van der Waals surface area contributed by atoms with Crippen LogP contribution in [0.3, 0.4) is 0 Å². The first-order valence-corrected chi connectivity index (χ1v) is 10.3. The fourth-order valence-electron chi connectivity index (χ4n) is 0.197. The van der Waals surface area contributed by atoms with Crippen LogP contribution in [0, 0.1) is 0 Å². The van der Waals surface area contributed by atoms with E-state index in [-0.39, 0.29) is 6.81 Å². The lowest BCUT2D eigenvalue weighted by Gasteiger charge is -2.16. The van der Waals surface area contributed by atoms with E-state index in [0.29, 0.717) is 0 Å². The van der Waals surface area contributed by atoms with Gasteiger partial charge in [-0.15, -0.1) is 11.4 Å². The Labute approximate surface area is 62.2 Å². The second-order valence-electron chi connectivity index (χ2n) is 1.94. The summed E-state index contributed by atoms with van der Waals surface area (Å²) in [4.78, 5) is 0. The van der Waals surface area contributed by atoms with Crippen molar-refractivity contribution in [1.82, 2.24) is 0 Å². The molecule has 0 bridgehead atoms. The van der Waals surface area contributed by atoms with Crippen LogP contribution in [0.15, 0.2) is 0 Å². The average molecular weight is 186 g/mol. The molecule has 0 heterocycles. The van der Waals surface area contributed by atoms with Crippen molar-refractivity contribution in [3.8, 4) is 0 Å². The molecule has 0 aliphatic heterocycles. The lowest BCUT2D eigenvalue weighted by atomic mass is 11.9. The third-order valence-electron chi connectivity index (χ3n) is 0.943. The van der Waals surface area contributed by atoms with Gasteiger partial charge in [0.25, 0.3) is 0 Å². The van der Waals surface area contributed by atoms with Crippen LogP contribution in [0.25, 0.3) is 0 Å². The summed E-state index contributed by atoms with van der Waals surface area (Å²) in [7, 11) is 0. The molecule has 1 atom stereocenters. The van der Waals surface area contributed by atoms with Crippen LogP contribution >= 0.6 is 23.9 Å². The van der Waals surface area contributed by atoms with Crippen molar-refractivity contribution in [2.75, 3.05) is 26.3 Å². The molecule has 0 aromatic rings. The van der Waals surface area contributed by atoms with E-state index in [2.05, 4.69) is 26.3 Å². The van der Waals surface area contributed by atoms with Gasteiger partial charge in [-0.1, -0.05) is 11.8 Å². The molecule has 0 radical (unpaired) electrons. The fourth-order valence-corrected chi connectivity index (χ4v) is 7.11. The summed E-state index contributed by atoms with van der Waals surface area (Å²) < 4.78 is 0. The first-order valence-electron chi connectivity index (χ1n) is 2.32. The van der Waals surface area contributed by atoms with Gasteiger partial charge in [-0.25, -0.2) is 0 Å². The summed E-state index contributed by atoms with van der Waals surface area (Å²) in [5.74, 6) is 0. The largest absolute Gasteiger partial charge is 0.132 e. The summed E-state index contributed by atoms with van der Waals surface area (Å²) in [6.45, 7) is 6.86. The van der Waals surface area contributed by atoms with Crippen LogP contribution in [-0.4, -0.2) is 26.3 Å². The molecule has 4 heteroatoms. The van der Waals surface area contributed by atoms with Gasteiger partial charge in [0.15, 0.2) is 0 Å². The van der Waals surface area contributed by atoms with E-state index in [9.17, 15) is 0 Å². The highest BCUT2D eigenvalue weighted by molar-refractivity contribution is 8.83. The smallest absolute Gasteiger partial charge is 0.0138 e. The van der Waals surface area contributed by atoms with Gasteiger partial charge < -0.3 is 0 Å². The molecule has 0 N–H and O–H groups in total. The van der Waals surface area contributed by atoms with Crippen molar-refractivity contribution >= 4 is 35.7 Å². The Hall–Kier alpha value is 1.43. The molecule has 0 fully saturated rings. The molecule has 0 saturated heterocycles. The third kappa shape index (κ3) is 3.45. The van der Waals surface area contributed by atoms with Crippen molar-refractivity contribution in [1.29, 1.82) is 0 Å². The molecule has 0 aliphatic rings. The Morgan fingerprint density at radius 3 is 1.88 bits per heavy atom. The number of hydrogen-bond acceptors (Lipinski definition) is 2. The van der Waals surface area contributed by atoms with Crippen LogP contribution in [0.1, 0.15) is 0 Å². The maximum atomic E-state index is 5.33. The summed E-state index contributed by atoms with van der Waals surface area (Å²) in [5.41, 5.74) is -0.896. The monoisotopic (exact) mass is 186 g/mol. The van der Waals surface area contributed by atoms with Gasteiger partial charge in [0.05, 0.1) is 0 Å². The zero-order valence-electron chi connectivity index (χ0n) is 5.71. The highest BCUT2D eigenvalue weighted by Crippen LogP contribution is 2.75. The highest BCUT2D eigenvalue weighted by atomic mass is 33.0. The predicted octanol–water partition coefficient (Wildman–Crippen LogP) is 3.03. The second kappa shape index (κ2) is 3.56. The van der Waals surface area contributed by atoms with Gasteiger partial charge in [0.1, 0.15) is 0 Å². The lowest BCUT2D eigenvalue weighted by molar-refractivity contribution is 2.27. The predicted molar refractivity (Wildman–Crippen MR) is 52.5 cm³/mol. The minimum atomic E-state index is -0.896. The summed E-state index contributed by atoms with van der Waals surface area (Å²) in [5, 5.41) is 0. The van der Waals surface area contributed by atoms with Gasteiger partial charge in [-0.3, -0.25) is 0 Å². The summed E-state index contributed by atoms with van der Waals surface area (Å²) >= 11 is 7.27. The molecule has 0 spiro atoms. The maximum Gasteiger partial charge on any atom is -0.0138 e. The molecule has 0 amide bonds. The van der Waals surface area contributed by atoms with Crippen LogP contribution in [0.5, 0.6) is 0 Å². The molecular formula is C4H12P2S2. The Morgan fingerprint density at radius 2 is 1.88 bits per heavy atom. The highest BCUT2D eigenvalue weighted by Gasteiger charge is 2.10. The fraction of sp³-hybridized carbons (Fsp3) is 1.00. The zero-order valence-corrected chi connectivity index (χ0v) is 9.13. The molecule has 0 rings (SSSR count). The van der Waals surface area contributed by atoms with Crippen LogP contribution < -0.4 is 0 Å². The SMILES string of the molecule is CSP(C)P(C)(C)=S. The van der Waals surface area contributed by atoms with E-state index in [1.165, 1.54) is 0 Å². The minimum absolute atomic E-state index is 0.123. The third-order valence-corrected chi connectivity index (χ3v) is 16.8. The molecule has 50 valence electrons. The van der Waals surface area contributed by atoms with Gasteiger partial charge in [0, 0.05) is 0 Å². The second-order valence-corrected chi connectivity index (χ2v) is 17.7. The first kappa shape index (κ1) is 9.43. The lowest BCUT2D eigenvalue weighted by Crippen LogP contribution is -1.65. The van der Waals surface area contributed by atoms with Crippen molar-refractivity contribution in [2.45, 2.75) is 0 Å². The Kier molecular flexibility index (Phi) is 4.20. The Balaban J connectivity index is 3.82. The van der Waals surface area contributed by atoms with Crippen molar-refractivity contribution in [2.24, 2.45) is 0 Å². The molecule has 1 unspecified atom stereocenters. The van der Waals surface area contributed by atoms with Gasteiger partial charge in [-0.2, -0.15) is 0 Å². The van der Waals surface area contributed by atoms with Crippen LogP contribution in [-0.2, 0) is 11.8 Å². The molecule has 0 nitrogen and oxygen atoms in total. The van der Waals surface area contributed by atoms with Crippen molar-refractivity contribution < 1.29 is 0 Å². The van der Waals surface area contributed by atoms with E-state index in [1.807, 2.05) is 11.4 Å². The van der Waals surface area contributed by atoms with Crippen molar-refractivity contribution in [3.05, 3.63) is 0 Å². The molecule has 8 heavy (non-hydrogen) atoms. The van der Waals surface area contributed by atoms with E-state index in [0.717, 1.165) is 0 Å². The first-order chi connectivity index (χ1) is 3.48. The molecule has 0 saturated carbocycles. The Bertz CT molecular complexity index is 107. The van der Waals surface area contributed by atoms with E-state index in [1.54, 1.807) is 0 Å². The van der Waals surface area contributed by atoms with Crippen molar-refractivity contribution in [3.63, 3.8) is 0 Å². The number of hydrogen-bond donors (Lipinski definition) is 0. The summed E-state index contributed by atoms with van der Waals surface area (Å²) in [6, 6.07) is 0. The van der Waals surface area contributed by atoms with Gasteiger partial charge >= 0.3 is 0 Å². The average Bonchev–Trinajstić information content (AvgIpc) is 1.62. The van der Waals surface area contributed by atoms with E-state index < -0.39 is 5.73 Å². The standard InChI is InChI=1S/C4H12P2S2/c1-5(8-4)6(2,3)7/h1-4H3. The van der Waals surface area contributed by atoms with E-state index in [4.69, 9.17) is 11.8 Å². The molecular weight excluding hydrogens is 174 g/mol. The minimum Gasteiger partial charge on any atom is -0.132 e. The molecule has 0 aromatic carbocycles. The number of rotatable bonds is 2. The van der Waals surface area contributed by atoms with Gasteiger partial charge in [-0.05, 0) is 38.8 Å². The maximum absolute atomic E-state index is 5.33.